The van der Waals surface area contributed by atoms with Gasteiger partial charge in [-0.2, -0.15) is 0 Å². The summed E-state index contributed by atoms with van der Waals surface area (Å²) in [5, 5.41) is 25.6. The zero-order valence-corrected chi connectivity index (χ0v) is 22.9. The maximum Gasteiger partial charge on any atom is 1.00 e. The van der Waals surface area contributed by atoms with Crippen LogP contribution in [0.3, 0.4) is 0 Å². The smallest absolute Gasteiger partial charge is 0.545 e. The Labute approximate surface area is 227 Å². The van der Waals surface area contributed by atoms with E-state index in [4.69, 9.17) is 11.6 Å². The van der Waals surface area contributed by atoms with Crippen molar-refractivity contribution >= 4 is 27.4 Å². The third-order valence-corrected chi connectivity index (χ3v) is 7.38. The van der Waals surface area contributed by atoms with Gasteiger partial charge in [0.05, 0.1) is 21.9 Å². The first-order valence-corrected chi connectivity index (χ1v) is 12.3. The molecule has 0 saturated carbocycles. The molecular weight excluding hydrogens is 485 g/mol. The van der Waals surface area contributed by atoms with Crippen LogP contribution in [0.5, 0.6) is 0 Å². The number of nitrogens with one attached hydrogen (secondary N) is 1. The number of carboxylic acid groups (broad SMARTS) is 1. The molecule has 0 heterocycles. The molecule has 0 unspecified atom stereocenters. The fraction of sp³-hybridized carbons (Fsp3) is 0.240. The minimum absolute atomic E-state index is 0. The molecule has 0 aromatic heterocycles. The Kier molecular flexibility index (Phi) is 10.3. The van der Waals surface area contributed by atoms with Crippen LogP contribution in [-0.4, -0.2) is 32.1 Å². The van der Waals surface area contributed by atoms with E-state index in [-0.39, 0.29) is 51.0 Å². The van der Waals surface area contributed by atoms with Crippen LogP contribution in [0.1, 0.15) is 40.1 Å². The van der Waals surface area contributed by atoms with Crippen LogP contribution in [0.4, 0.5) is 0 Å². The number of halogens is 1. The molecule has 0 fully saturated rings. The summed E-state index contributed by atoms with van der Waals surface area (Å²) in [5.41, 5.74) is 1.90. The molecule has 2 N–H and O–H groups in total. The topological polar surface area (TPSA) is 107 Å². The molecule has 3 aromatic carbocycles. The van der Waals surface area contributed by atoms with Gasteiger partial charge < -0.3 is 20.3 Å². The van der Waals surface area contributed by atoms with Crippen molar-refractivity contribution in [2.45, 2.75) is 42.2 Å². The Hall–Kier alpha value is -1.71. The van der Waals surface area contributed by atoms with Gasteiger partial charge in [-0.05, 0) is 67.8 Å². The van der Waals surface area contributed by atoms with Crippen molar-refractivity contribution in [2.24, 2.45) is 0 Å². The molecule has 174 valence electrons. The van der Waals surface area contributed by atoms with Crippen LogP contribution in [0, 0.1) is 6.92 Å². The Morgan fingerprint density at radius 3 is 2.38 bits per heavy atom. The molecular formula is C25H25ClNNaO5S. The zero-order chi connectivity index (χ0) is 24.2. The van der Waals surface area contributed by atoms with E-state index in [2.05, 4.69) is 5.32 Å². The molecule has 34 heavy (non-hydrogen) atoms. The Bertz CT molecular complexity index is 1250. The van der Waals surface area contributed by atoms with Gasteiger partial charge in [0.25, 0.3) is 0 Å². The minimum Gasteiger partial charge on any atom is -0.545 e. The van der Waals surface area contributed by atoms with Gasteiger partial charge in [0, 0.05) is 23.2 Å². The Balaban J connectivity index is 0.00000408. The fourth-order valence-corrected chi connectivity index (χ4v) is 5.17. The largest absolute Gasteiger partial charge is 1.00 e. The van der Waals surface area contributed by atoms with Gasteiger partial charge in [0.15, 0.2) is 0 Å². The predicted molar refractivity (Wildman–Crippen MR) is 125 cm³/mol. The van der Waals surface area contributed by atoms with E-state index in [1.165, 1.54) is 24.3 Å². The molecule has 0 radical (unpaired) electrons. The molecule has 0 aliphatic carbocycles. The maximum absolute atomic E-state index is 13.0. The van der Waals surface area contributed by atoms with Gasteiger partial charge >= 0.3 is 29.6 Å². The third-order valence-electron chi connectivity index (χ3n) is 5.31. The van der Waals surface area contributed by atoms with Gasteiger partial charge in [-0.15, -0.1) is 0 Å². The van der Waals surface area contributed by atoms with Crippen LogP contribution in [0.2, 0.25) is 5.02 Å². The van der Waals surface area contributed by atoms with Crippen LogP contribution >= 0.6 is 11.6 Å². The second kappa shape index (κ2) is 12.3. The number of carbonyl (C=O) groups is 1. The quantitative estimate of drug-likeness (QED) is 0.396. The molecule has 2 atom stereocenters. The van der Waals surface area contributed by atoms with Gasteiger partial charge in [0.1, 0.15) is 0 Å². The summed E-state index contributed by atoms with van der Waals surface area (Å²) in [5.74, 6) is -1.53. The molecule has 3 aromatic rings. The van der Waals surface area contributed by atoms with E-state index in [1.807, 2.05) is 13.0 Å². The number of aryl methyl sites for hydroxylation is 1. The minimum atomic E-state index is -4.01. The average molecular weight is 510 g/mol. The van der Waals surface area contributed by atoms with Crippen LogP contribution in [0.15, 0.2) is 76.5 Å². The zero-order valence-electron chi connectivity index (χ0n) is 19.3. The normalized spacial score (nSPS) is 13.1. The molecule has 3 rings (SSSR count). The van der Waals surface area contributed by atoms with Crippen molar-refractivity contribution in [1.29, 1.82) is 0 Å². The van der Waals surface area contributed by atoms with Crippen molar-refractivity contribution in [1.82, 2.24) is 5.32 Å². The monoisotopic (exact) mass is 509 g/mol. The summed E-state index contributed by atoms with van der Waals surface area (Å²) in [6.07, 6.45) is -0.0941. The Morgan fingerprint density at radius 2 is 1.76 bits per heavy atom. The molecule has 0 aliphatic rings. The van der Waals surface area contributed by atoms with E-state index in [9.17, 15) is 23.4 Å². The average Bonchev–Trinajstić information content (AvgIpc) is 2.77. The number of benzene rings is 3. The SMILES string of the molecule is Cc1ccc(S(=O)(=O)c2ccc(C[C@@H](C)NC[C@H](O)c3cccc(Cl)c3)cc2)c(C(=O)[O-])c1.[Na+]. The summed E-state index contributed by atoms with van der Waals surface area (Å²) in [6.45, 7) is 3.99. The van der Waals surface area contributed by atoms with Crippen molar-refractivity contribution < 1.29 is 53.0 Å². The van der Waals surface area contributed by atoms with E-state index in [0.29, 0.717) is 23.6 Å². The number of aromatic carboxylic acids is 1. The summed E-state index contributed by atoms with van der Waals surface area (Å²) in [7, 11) is -4.01. The van der Waals surface area contributed by atoms with E-state index in [0.717, 1.165) is 11.1 Å². The van der Waals surface area contributed by atoms with Crippen molar-refractivity contribution in [3.8, 4) is 0 Å². The number of sulfone groups is 1. The van der Waals surface area contributed by atoms with Crippen molar-refractivity contribution in [2.75, 3.05) is 6.54 Å². The first kappa shape index (κ1) is 28.5. The van der Waals surface area contributed by atoms with Gasteiger partial charge in [0.2, 0.25) is 9.84 Å². The molecule has 9 heteroatoms. The number of aliphatic hydroxyl groups excluding tert-OH is 1. The second-order valence-corrected chi connectivity index (χ2v) is 10.4. The summed E-state index contributed by atoms with van der Waals surface area (Å²) in [6, 6.07) is 17.6. The van der Waals surface area contributed by atoms with Crippen LogP contribution < -0.4 is 40.0 Å². The fourth-order valence-electron chi connectivity index (χ4n) is 3.54. The van der Waals surface area contributed by atoms with E-state index < -0.39 is 21.9 Å². The van der Waals surface area contributed by atoms with Crippen molar-refractivity contribution in [3.05, 3.63) is 94.0 Å². The summed E-state index contributed by atoms with van der Waals surface area (Å²) < 4.78 is 26.0. The number of hydrogen-bond acceptors (Lipinski definition) is 6. The standard InChI is InChI=1S/C25H26ClNO5S.Na/c1-16-6-11-24(22(12-16)25(29)30)33(31,32)21-9-7-18(8-10-21)13-17(2)27-15-23(28)19-4-3-5-20(26)14-19;/h3-12,14,17,23,27-28H,13,15H2,1-2H3,(H,29,30);/q;+1/p-1/t17-,23+;/m1./s1. The summed E-state index contributed by atoms with van der Waals surface area (Å²) >= 11 is 5.97. The molecule has 0 spiro atoms. The van der Waals surface area contributed by atoms with E-state index >= 15 is 0 Å². The first-order chi connectivity index (χ1) is 15.6. The van der Waals surface area contributed by atoms with Crippen LogP contribution in [-0.2, 0) is 16.3 Å². The number of rotatable bonds is 9. The molecule has 0 bridgehead atoms. The molecule has 6 nitrogen and oxygen atoms in total. The summed E-state index contributed by atoms with van der Waals surface area (Å²) in [4.78, 5) is 11.2. The second-order valence-electron chi connectivity index (χ2n) is 8.02. The predicted octanol–water partition coefficient (Wildman–Crippen LogP) is 0.103. The number of carboxylic acids is 1. The number of aliphatic hydroxyl groups is 1. The third kappa shape index (κ3) is 7.15. The van der Waals surface area contributed by atoms with E-state index in [1.54, 1.807) is 43.3 Å². The number of hydrogen-bond donors (Lipinski definition) is 2. The maximum atomic E-state index is 13.0. The Morgan fingerprint density at radius 1 is 1.09 bits per heavy atom. The number of carbonyl (C=O) groups excluding carboxylic acids is 1. The molecule has 0 saturated heterocycles. The first-order valence-electron chi connectivity index (χ1n) is 10.4. The van der Waals surface area contributed by atoms with Crippen molar-refractivity contribution in [3.63, 3.8) is 0 Å². The molecule has 0 aliphatic heterocycles. The van der Waals surface area contributed by atoms with Gasteiger partial charge in [-0.3, -0.25) is 0 Å². The van der Waals surface area contributed by atoms with Gasteiger partial charge in [-0.25, -0.2) is 8.42 Å². The van der Waals surface area contributed by atoms with Gasteiger partial charge in [-0.1, -0.05) is 47.5 Å². The van der Waals surface area contributed by atoms with Crippen LogP contribution in [0.25, 0.3) is 0 Å². The molecule has 0 amide bonds.